The van der Waals surface area contributed by atoms with Crippen LogP contribution >= 0.6 is 11.3 Å². The molecule has 19 heavy (non-hydrogen) atoms. The molecule has 0 radical (unpaired) electrons. The third-order valence-electron chi connectivity index (χ3n) is 2.64. The van der Waals surface area contributed by atoms with Crippen LogP contribution in [-0.2, 0) is 16.1 Å². The summed E-state index contributed by atoms with van der Waals surface area (Å²) in [6.45, 7) is 0.337. The summed E-state index contributed by atoms with van der Waals surface area (Å²) in [5.41, 5.74) is 0.745. The minimum atomic E-state index is -1.01. The number of carboxylic acid groups (broad SMARTS) is 1. The number of amides is 3. The molecule has 0 aliphatic carbocycles. The highest BCUT2D eigenvalue weighted by Crippen LogP contribution is 2.20. The molecule has 0 spiro atoms. The molecule has 6 nitrogen and oxygen atoms in total. The number of aliphatic carboxylic acids is 1. The number of hydrogen-bond acceptors (Lipinski definition) is 4. The van der Waals surface area contributed by atoms with Crippen LogP contribution in [0.2, 0.25) is 0 Å². The van der Waals surface area contributed by atoms with E-state index in [4.69, 9.17) is 5.11 Å². The minimum absolute atomic E-state index is 0.107. The van der Waals surface area contributed by atoms with Crippen molar-refractivity contribution in [1.82, 2.24) is 9.80 Å². The SMILES string of the molecule is CN1CC(=O)N(Cc2cc(C=CC(=O)O)cs2)C1=O. The largest absolute Gasteiger partial charge is 0.478 e. The molecule has 1 aliphatic heterocycles. The van der Waals surface area contributed by atoms with Gasteiger partial charge in [0.1, 0.15) is 6.54 Å². The Morgan fingerprint density at radius 3 is 2.84 bits per heavy atom. The fourth-order valence-corrected chi connectivity index (χ4v) is 2.56. The van der Waals surface area contributed by atoms with Crippen molar-refractivity contribution < 1.29 is 19.5 Å². The van der Waals surface area contributed by atoms with E-state index in [0.717, 1.165) is 16.5 Å². The zero-order valence-corrected chi connectivity index (χ0v) is 11.0. The van der Waals surface area contributed by atoms with Crippen LogP contribution in [0.1, 0.15) is 10.4 Å². The zero-order chi connectivity index (χ0) is 14.0. The molecular weight excluding hydrogens is 268 g/mol. The van der Waals surface area contributed by atoms with Gasteiger partial charge in [-0.15, -0.1) is 11.3 Å². The van der Waals surface area contributed by atoms with Gasteiger partial charge in [0.15, 0.2) is 0 Å². The van der Waals surface area contributed by atoms with Crippen LogP contribution in [0.15, 0.2) is 17.5 Å². The molecule has 1 fully saturated rings. The summed E-state index contributed by atoms with van der Waals surface area (Å²) in [5.74, 6) is -1.23. The van der Waals surface area contributed by atoms with E-state index < -0.39 is 5.97 Å². The van der Waals surface area contributed by atoms with Crippen molar-refractivity contribution >= 4 is 35.3 Å². The van der Waals surface area contributed by atoms with E-state index in [9.17, 15) is 14.4 Å². The van der Waals surface area contributed by atoms with Gasteiger partial charge in [-0.3, -0.25) is 9.69 Å². The van der Waals surface area contributed by atoms with E-state index in [1.165, 1.54) is 27.2 Å². The molecule has 2 heterocycles. The molecule has 1 N–H and O–H groups in total. The smallest absolute Gasteiger partial charge is 0.328 e. The number of carbonyl (C=O) groups excluding carboxylic acids is 2. The highest BCUT2D eigenvalue weighted by molar-refractivity contribution is 7.10. The monoisotopic (exact) mass is 280 g/mol. The third-order valence-corrected chi connectivity index (χ3v) is 3.58. The lowest BCUT2D eigenvalue weighted by Gasteiger charge is -2.12. The lowest BCUT2D eigenvalue weighted by Crippen LogP contribution is -2.30. The Balaban J connectivity index is 2.06. The molecular formula is C12H12N2O4S. The van der Waals surface area contributed by atoms with Crippen molar-refractivity contribution in [3.63, 3.8) is 0 Å². The first-order valence-electron chi connectivity index (χ1n) is 5.51. The van der Waals surface area contributed by atoms with Crippen molar-refractivity contribution in [2.45, 2.75) is 6.54 Å². The van der Waals surface area contributed by atoms with Crippen LogP contribution in [0.5, 0.6) is 0 Å². The fourth-order valence-electron chi connectivity index (χ4n) is 1.72. The molecule has 0 unspecified atom stereocenters. The maximum absolute atomic E-state index is 11.7. The number of rotatable bonds is 4. The Kier molecular flexibility index (Phi) is 3.66. The van der Waals surface area contributed by atoms with Crippen molar-refractivity contribution in [2.75, 3.05) is 13.6 Å². The molecule has 1 aromatic rings. The van der Waals surface area contributed by atoms with Gasteiger partial charge in [-0.2, -0.15) is 0 Å². The van der Waals surface area contributed by atoms with Crippen LogP contribution in [0.3, 0.4) is 0 Å². The normalized spacial score (nSPS) is 15.8. The van der Waals surface area contributed by atoms with Gasteiger partial charge < -0.3 is 10.0 Å². The molecule has 1 aromatic heterocycles. The number of carboxylic acids is 1. The molecule has 100 valence electrons. The Bertz CT molecular complexity index is 564. The van der Waals surface area contributed by atoms with Gasteiger partial charge in [0, 0.05) is 18.0 Å². The van der Waals surface area contributed by atoms with Crippen LogP contribution in [0, 0.1) is 0 Å². The molecule has 0 saturated carbocycles. The first-order valence-corrected chi connectivity index (χ1v) is 6.39. The second kappa shape index (κ2) is 5.23. The summed E-state index contributed by atoms with van der Waals surface area (Å²) in [6.07, 6.45) is 2.52. The second-order valence-corrected chi connectivity index (χ2v) is 5.13. The average Bonchev–Trinajstić information content (AvgIpc) is 2.88. The molecule has 0 aromatic carbocycles. The second-order valence-electron chi connectivity index (χ2n) is 4.14. The van der Waals surface area contributed by atoms with E-state index in [0.29, 0.717) is 0 Å². The predicted molar refractivity (Wildman–Crippen MR) is 69.6 cm³/mol. The highest BCUT2D eigenvalue weighted by Gasteiger charge is 2.33. The van der Waals surface area contributed by atoms with Gasteiger partial charge in [-0.05, 0) is 23.1 Å². The number of carbonyl (C=O) groups is 3. The quantitative estimate of drug-likeness (QED) is 0.665. The summed E-state index contributed by atoms with van der Waals surface area (Å²) >= 11 is 1.38. The molecule has 1 aliphatic rings. The highest BCUT2D eigenvalue weighted by atomic mass is 32.1. The van der Waals surface area contributed by atoms with Gasteiger partial charge in [0.05, 0.1) is 6.54 Å². The van der Waals surface area contributed by atoms with E-state index in [1.807, 2.05) is 0 Å². The summed E-state index contributed by atoms with van der Waals surface area (Å²) < 4.78 is 0. The van der Waals surface area contributed by atoms with Gasteiger partial charge in [-0.25, -0.2) is 9.59 Å². The van der Waals surface area contributed by atoms with Crippen LogP contribution in [0.4, 0.5) is 4.79 Å². The topological polar surface area (TPSA) is 77.9 Å². The van der Waals surface area contributed by atoms with Crippen molar-refractivity contribution in [3.05, 3.63) is 28.0 Å². The maximum atomic E-state index is 11.7. The van der Waals surface area contributed by atoms with Crippen molar-refractivity contribution in [2.24, 2.45) is 0 Å². The predicted octanol–water partition coefficient (Wildman–Crippen LogP) is 1.24. The first-order chi connectivity index (χ1) is 8.97. The van der Waals surface area contributed by atoms with Crippen LogP contribution in [0.25, 0.3) is 6.08 Å². The molecule has 7 heteroatoms. The van der Waals surface area contributed by atoms with Crippen LogP contribution < -0.4 is 0 Å². The van der Waals surface area contributed by atoms with E-state index in [1.54, 1.807) is 18.5 Å². The van der Waals surface area contributed by atoms with Crippen molar-refractivity contribution in [1.29, 1.82) is 0 Å². The molecule has 1 saturated heterocycles. The van der Waals surface area contributed by atoms with Gasteiger partial charge in [0.25, 0.3) is 5.91 Å². The minimum Gasteiger partial charge on any atom is -0.478 e. The number of imide groups is 1. The fraction of sp³-hybridized carbons (Fsp3) is 0.250. The maximum Gasteiger partial charge on any atom is 0.328 e. The standard InChI is InChI=1S/C12H12N2O4S/c1-13-6-10(15)14(12(13)18)5-9-4-8(7-19-9)2-3-11(16)17/h2-4,7H,5-6H2,1H3,(H,16,17). The Hall–Kier alpha value is -2.15. The molecule has 0 bridgehead atoms. The van der Waals surface area contributed by atoms with Gasteiger partial charge >= 0.3 is 12.0 Å². The lowest BCUT2D eigenvalue weighted by atomic mass is 10.3. The Labute approximate surface area is 113 Å². The van der Waals surface area contributed by atoms with Crippen LogP contribution in [-0.4, -0.2) is 46.4 Å². The Morgan fingerprint density at radius 2 is 2.26 bits per heavy atom. The third kappa shape index (κ3) is 3.00. The number of nitrogens with zero attached hydrogens (tertiary/aromatic N) is 2. The van der Waals surface area contributed by atoms with E-state index in [-0.39, 0.29) is 25.0 Å². The van der Waals surface area contributed by atoms with Crippen molar-refractivity contribution in [3.8, 4) is 0 Å². The van der Waals surface area contributed by atoms with Gasteiger partial charge in [0.2, 0.25) is 0 Å². The first kappa shape index (κ1) is 13.3. The summed E-state index contributed by atoms with van der Waals surface area (Å²) in [7, 11) is 1.58. The summed E-state index contributed by atoms with van der Waals surface area (Å²) in [5, 5.41) is 10.3. The number of thiophene rings is 1. The summed E-state index contributed by atoms with van der Waals surface area (Å²) in [4.78, 5) is 37.1. The number of hydrogen-bond donors (Lipinski definition) is 1. The average molecular weight is 280 g/mol. The molecule has 2 rings (SSSR count). The number of likely N-dealkylation sites (N-methyl/N-ethyl adjacent to an activating group) is 1. The van der Waals surface area contributed by atoms with E-state index >= 15 is 0 Å². The van der Waals surface area contributed by atoms with Gasteiger partial charge in [-0.1, -0.05) is 0 Å². The van der Waals surface area contributed by atoms with E-state index in [2.05, 4.69) is 0 Å². The molecule has 3 amide bonds. The molecule has 0 atom stereocenters. The zero-order valence-electron chi connectivity index (χ0n) is 10.2. The summed E-state index contributed by atoms with van der Waals surface area (Å²) in [6, 6.07) is 1.46. The Morgan fingerprint density at radius 1 is 1.53 bits per heavy atom. The lowest BCUT2D eigenvalue weighted by molar-refractivity contribution is -0.131. The number of urea groups is 1.